The highest BCUT2D eigenvalue weighted by Crippen LogP contribution is 2.31. The van der Waals surface area contributed by atoms with Crippen molar-refractivity contribution in [1.82, 2.24) is 15.2 Å². The Morgan fingerprint density at radius 1 is 1.35 bits per heavy atom. The number of hydrogen-bond donors (Lipinski definition) is 1. The number of rotatable bonds is 5. The largest absolute Gasteiger partial charge is 0.351 e. The first kappa shape index (κ1) is 15.6. The zero-order valence-corrected chi connectivity index (χ0v) is 12.9. The Labute approximate surface area is 135 Å². The van der Waals surface area contributed by atoms with Gasteiger partial charge in [0.25, 0.3) is 0 Å². The molecule has 2 aromatic rings. The smallest absolute Gasteiger partial charge is 0.234 e. The summed E-state index contributed by atoms with van der Waals surface area (Å²) in [6.07, 6.45) is 5.43. The Balaban J connectivity index is 1.57. The molecule has 0 aliphatic carbocycles. The van der Waals surface area contributed by atoms with Crippen molar-refractivity contribution in [3.63, 3.8) is 0 Å². The van der Waals surface area contributed by atoms with Crippen LogP contribution in [0.1, 0.15) is 30.0 Å². The highest BCUT2D eigenvalue weighted by atomic mass is 19.1. The summed E-state index contributed by atoms with van der Waals surface area (Å²) in [6.45, 7) is 1.67. The SMILES string of the molecule is O=C(CN1CCC[C@H]1c1cccc(F)c1)NCc1cccnc1. The quantitative estimate of drug-likeness (QED) is 0.923. The maximum Gasteiger partial charge on any atom is 0.234 e. The van der Waals surface area contributed by atoms with Crippen LogP contribution in [0, 0.1) is 5.82 Å². The van der Waals surface area contributed by atoms with E-state index in [0.717, 1.165) is 30.5 Å². The van der Waals surface area contributed by atoms with Gasteiger partial charge in [0, 0.05) is 25.0 Å². The summed E-state index contributed by atoms with van der Waals surface area (Å²) >= 11 is 0. The lowest BCUT2D eigenvalue weighted by molar-refractivity contribution is -0.122. The van der Waals surface area contributed by atoms with Gasteiger partial charge in [-0.05, 0) is 48.7 Å². The van der Waals surface area contributed by atoms with Crippen LogP contribution in [0.3, 0.4) is 0 Å². The first-order chi connectivity index (χ1) is 11.2. The van der Waals surface area contributed by atoms with Gasteiger partial charge in [-0.15, -0.1) is 0 Å². The highest BCUT2D eigenvalue weighted by molar-refractivity contribution is 5.78. The van der Waals surface area contributed by atoms with Crippen LogP contribution in [-0.4, -0.2) is 28.9 Å². The predicted octanol–water partition coefficient (Wildman–Crippen LogP) is 2.67. The van der Waals surface area contributed by atoms with Crippen LogP contribution >= 0.6 is 0 Å². The first-order valence-electron chi connectivity index (χ1n) is 7.87. The number of benzene rings is 1. The minimum absolute atomic E-state index is 0.0165. The summed E-state index contributed by atoms with van der Waals surface area (Å²) in [5, 5.41) is 2.91. The summed E-state index contributed by atoms with van der Waals surface area (Å²) in [5.74, 6) is -0.243. The van der Waals surface area contributed by atoms with Gasteiger partial charge in [-0.2, -0.15) is 0 Å². The molecule has 120 valence electrons. The van der Waals surface area contributed by atoms with E-state index in [2.05, 4.69) is 15.2 Å². The second-order valence-corrected chi connectivity index (χ2v) is 5.82. The lowest BCUT2D eigenvalue weighted by Crippen LogP contribution is -2.36. The third-order valence-electron chi connectivity index (χ3n) is 4.16. The minimum Gasteiger partial charge on any atom is -0.351 e. The molecule has 0 unspecified atom stereocenters. The molecule has 1 aliphatic rings. The zero-order chi connectivity index (χ0) is 16.1. The molecule has 1 N–H and O–H groups in total. The van der Waals surface area contributed by atoms with E-state index in [-0.39, 0.29) is 17.8 Å². The van der Waals surface area contributed by atoms with Crippen molar-refractivity contribution in [1.29, 1.82) is 0 Å². The monoisotopic (exact) mass is 313 g/mol. The van der Waals surface area contributed by atoms with Gasteiger partial charge < -0.3 is 5.32 Å². The summed E-state index contributed by atoms with van der Waals surface area (Å²) in [6, 6.07) is 10.6. The molecule has 5 heteroatoms. The van der Waals surface area contributed by atoms with E-state index >= 15 is 0 Å². The van der Waals surface area contributed by atoms with Crippen molar-refractivity contribution in [2.75, 3.05) is 13.1 Å². The Hall–Kier alpha value is -2.27. The topological polar surface area (TPSA) is 45.2 Å². The fraction of sp³-hybridized carbons (Fsp3) is 0.333. The van der Waals surface area contributed by atoms with Crippen molar-refractivity contribution in [2.24, 2.45) is 0 Å². The molecule has 0 bridgehead atoms. The molecule has 1 amide bonds. The Bertz CT molecular complexity index is 662. The minimum atomic E-state index is -0.227. The van der Waals surface area contributed by atoms with Crippen molar-refractivity contribution < 1.29 is 9.18 Å². The van der Waals surface area contributed by atoms with E-state index in [9.17, 15) is 9.18 Å². The normalized spacial score (nSPS) is 18.0. The van der Waals surface area contributed by atoms with Gasteiger partial charge in [0.05, 0.1) is 6.54 Å². The molecular weight excluding hydrogens is 293 g/mol. The lowest BCUT2D eigenvalue weighted by atomic mass is 10.0. The number of carbonyl (C=O) groups is 1. The van der Waals surface area contributed by atoms with E-state index in [4.69, 9.17) is 0 Å². The molecule has 23 heavy (non-hydrogen) atoms. The number of carbonyl (C=O) groups excluding carboxylic acids is 1. The molecule has 1 aromatic heterocycles. The Kier molecular flexibility index (Phi) is 4.98. The van der Waals surface area contributed by atoms with Crippen LogP contribution in [0.25, 0.3) is 0 Å². The molecule has 0 radical (unpaired) electrons. The molecular formula is C18H20FN3O. The highest BCUT2D eigenvalue weighted by Gasteiger charge is 2.27. The molecule has 1 saturated heterocycles. The number of nitrogens with zero attached hydrogens (tertiary/aromatic N) is 2. The second-order valence-electron chi connectivity index (χ2n) is 5.82. The molecule has 4 nitrogen and oxygen atoms in total. The van der Waals surface area contributed by atoms with Gasteiger partial charge in [-0.3, -0.25) is 14.7 Å². The van der Waals surface area contributed by atoms with Crippen molar-refractivity contribution >= 4 is 5.91 Å². The average Bonchev–Trinajstić information content (AvgIpc) is 3.02. The molecule has 1 aliphatic heterocycles. The number of aromatic nitrogens is 1. The standard InChI is InChI=1S/C18H20FN3O/c19-16-6-1-5-15(10-16)17-7-3-9-22(17)13-18(23)21-12-14-4-2-8-20-11-14/h1-2,4-6,8,10-11,17H,3,7,9,12-13H2,(H,21,23)/t17-/m0/s1. The summed E-state index contributed by atoms with van der Waals surface area (Å²) in [5.41, 5.74) is 1.92. The summed E-state index contributed by atoms with van der Waals surface area (Å²) < 4.78 is 13.4. The van der Waals surface area contributed by atoms with Crippen LogP contribution in [0.4, 0.5) is 4.39 Å². The van der Waals surface area contributed by atoms with Gasteiger partial charge in [-0.25, -0.2) is 4.39 Å². The van der Waals surface area contributed by atoms with Gasteiger partial charge in [0.15, 0.2) is 0 Å². The number of halogens is 1. The number of amides is 1. The molecule has 1 aromatic carbocycles. The number of hydrogen-bond acceptors (Lipinski definition) is 3. The molecule has 3 rings (SSSR count). The predicted molar refractivity (Wildman–Crippen MR) is 86.0 cm³/mol. The lowest BCUT2D eigenvalue weighted by Gasteiger charge is -2.24. The zero-order valence-electron chi connectivity index (χ0n) is 12.9. The van der Waals surface area contributed by atoms with E-state index in [1.165, 1.54) is 6.07 Å². The number of pyridine rings is 1. The molecule has 1 fully saturated rings. The maximum atomic E-state index is 13.4. The second kappa shape index (κ2) is 7.33. The average molecular weight is 313 g/mol. The van der Waals surface area contributed by atoms with Gasteiger partial charge in [-0.1, -0.05) is 18.2 Å². The molecule has 0 saturated carbocycles. The van der Waals surface area contributed by atoms with E-state index in [0.29, 0.717) is 13.1 Å². The van der Waals surface area contributed by atoms with Gasteiger partial charge in [0.1, 0.15) is 5.82 Å². The van der Waals surface area contributed by atoms with Gasteiger partial charge in [0.2, 0.25) is 5.91 Å². The Morgan fingerprint density at radius 3 is 3.04 bits per heavy atom. The molecule has 0 spiro atoms. The molecule has 1 atom stereocenters. The summed E-state index contributed by atoms with van der Waals surface area (Å²) in [4.78, 5) is 18.3. The third kappa shape index (κ3) is 4.13. The summed E-state index contributed by atoms with van der Waals surface area (Å²) in [7, 11) is 0. The van der Waals surface area contributed by atoms with Crippen LogP contribution in [0.2, 0.25) is 0 Å². The number of nitrogens with one attached hydrogen (secondary N) is 1. The van der Waals surface area contributed by atoms with Crippen molar-refractivity contribution in [3.8, 4) is 0 Å². The van der Waals surface area contributed by atoms with Gasteiger partial charge >= 0.3 is 0 Å². The first-order valence-corrected chi connectivity index (χ1v) is 7.87. The third-order valence-corrected chi connectivity index (χ3v) is 4.16. The van der Waals surface area contributed by atoms with Crippen LogP contribution in [0.15, 0.2) is 48.8 Å². The van der Waals surface area contributed by atoms with E-state index in [1.807, 2.05) is 18.2 Å². The fourth-order valence-corrected chi connectivity index (χ4v) is 3.05. The van der Waals surface area contributed by atoms with Crippen molar-refractivity contribution in [3.05, 3.63) is 65.7 Å². The van der Waals surface area contributed by atoms with Crippen molar-refractivity contribution in [2.45, 2.75) is 25.4 Å². The van der Waals surface area contributed by atoms with Crippen LogP contribution in [0.5, 0.6) is 0 Å². The van der Waals surface area contributed by atoms with Crippen LogP contribution in [-0.2, 0) is 11.3 Å². The van der Waals surface area contributed by atoms with Crippen LogP contribution < -0.4 is 5.32 Å². The number of likely N-dealkylation sites (tertiary alicyclic amines) is 1. The van der Waals surface area contributed by atoms with E-state index in [1.54, 1.807) is 24.5 Å². The Morgan fingerprint density at radius 2 is 2.26 bits per heavy atom. The fourth-order valence-electron chi connectivity index (χ4n) is 3.05. The van der Waals surface area contributed by atoms with E-state index < -0.39 is 0 Å². The maximum absolute atomic E-state index is 13.4. The molecule has 2 heterocycles.